The van der Waals surface area contributed by atoms with Gasteiger partial charge in [-0.2, -0.15) is 0 Å². The standard InChI is InChI=1S/C18H14N2O2/c1-11-6-7-15-13(10-11)18(20-16(21)8-9-17(20)22)12-4-2-3-5-14(12)19-15/h2-7,10H,8-9H2,1H3. The van der Waals surface area contributed by atoms with Crippen molar-refractivity contribution in [1.29, 1.82) is 0 Å². The zero-order valence-corrected chi connectivity index (χ0v) is 12.2. The van der Waals surface area contributed by atoms with Crippen LogP contribution in [0, 0.1) is 6.92 Å². The Morgan fingerprint density at radius 3 is 2.36 bits per heavy atom. The number of aromatic nitrogens is 1. The van der Waals surface area contributed by atoms with E-state index < -0.39 is 0 Å². The molecule has 108 valence electrons. The summed E-state index contributed by atoms with van der Waals surface area (Å²) in [7, 11) is 0. The van der Waals surface area contributed by atoms with Gasteiger partial charge in [0.1, 0.15) is 0 Å². The lowest BCUT2D eigenvalue weighted by Crippen LogP contribution is -2.29. The van der Waals surface area contributed by atoms with Crippen LogP contribution in [0.4, 0.5) is 5.69 Å². The highest BCUT2D eigenvalue weighted by Gasteiger charge is 2.32. The van der Waals surface area contributed by atoms with Crippen molar-refractivity contribution in [2.45, 2.75) is 19.8 Å². The van der Waals surface area contributed by atoms with Crippen LogP contribution in [-0.4, -0.2) is 16.8 Å². The zero-order valence-electron chi connectivity index (χ0n) is 12.2. The van der Waals surface area contributed by atoms with E-state index in [1.54, 1.807) is 0 Å². The fourth-order valence-corrected chi connectivity index (χ4v) is 3.05. The molecule has 0 atom stereocenters. The Balaban J connectivity index is 2.17. The molecule has 4 rings (SSSR count). The smallest absolute Gasteiger partial charge is 0.234 e. The number of benzene rings is 2. The summed E-state index contributed by atoms with van der Waals surface area (Å²) in [4.78, 5) is 30.5. The summed E-state index contributed by atoms with van der Waals surface area (Å²) in [5.41, 5.74) is 3.34. The van der Waals surface area contributed by atoms with Crippen molar-refractivity contribution >= 4 is 39.3 Å². The monoisotopic (exact) mass is 290 g/mol. The van der Waals surface area contributed by atoms with E-state index >= 15 is 0 Å². The van der Waals surface area contributed by atoms with Gasteiger partial charge in [0.15, 0.2) is 0 Å². The predicted octanol–water partition coefficient (Wildman–Crippen LogP) is 3.35. The molecule has 1 aliphatic heterocycles. The molecule has 1 aromatic heterocycles. The first-order chi connectivity index (χ1) is 10.6. The molecule has 0 unspecified atom stereocenters. The van der Waals surface area contributed by atoms with Gasteiger partial charge in [-0.1, -0.05) is 29.8 Å². The lowest BCUT2D eigenvalue weighted by Gasteiger charge is -2.19. The van der Waals surface area contributed by atoms with Gasteiger partial charge in [0.05, 0.1) is 16.7 Å². The van der Waals surface area contributed by atoms with Crippen molar-refractivity contribution in [3.8, 4) is 0 Å². The molecule has 1 saturated heterocycles. The van der Waals surface area contributed by atoms with Crippen molar-refractivity contribution in [2.24, 2.45) is 0 Å². The average Bonchev–Trinajstić information content (AvgIpc) is 2.84. The van der Waals surface area contributed by atoms with Crippen LogP contribution in [-0.2, 0) is 9.59 Å². The van der Waals surface area contributed by atoms with Gasteiger partial charge < -0.3 is 0 Å². The Morgan fingerprint density at radius 2 is 1.59 bits per heavy atom. The number of imide groups is 1. The van der Waals surface area contributed by atoms with Crippen LogP contribution < -0.4 is 4.90 Å². The maximum absolute atomic E-state index is 12.2. The molecule has 1 fully saturated rings. The minimum atomic E-state index is -0.135. The van der Waals surface area contributed by atoms with Crippen molar-refractivity contribution in [1.82, 2.24) is 4.98 Å². The topological polar surface area (TPSA) is 50.3 Å². The Labute approximate surface area is 127 Å². The maximum atomic E-state index is 12.2. The number of para-hydroxylation sites is 1. The number of pyridine rings is 1. The highest BCUT2D eigenvalue weighted by atomic mass is 16.2. The van der Waals surface area contributed by atoms with E-state index in [1.807, 2.05) is 49.4 Å². The van der Waals surface area contributed by atoms with Crippen LogP contribution >= 0.6 is 0 Å². The molecule has 0 spiro atoms. The minimum absolute atomic E-state index is 0.135. The summed E-state index contributed by atoms with van der Waals surface area (Å²) < 4.78 is 0. The van der Waals surface area contributed by atoms with E-state index in [0.717, 1.165) is 27.4 Å². The second-order valence-corrected chi connectivity index (χ2v) is 5.62. The second kappa shape index (κ2) is 4.63. The largest absolute Gasteiger partial charge is 0.274 e. The fraction of sp³-hybridized carbons (Fsp3) is 0.167. The van der Waals surface area contributed by atoms with Crippen LogP contribution in [0.15, 0.2) is 42.5 Å². The summed E-state index contributed by atoms with van der Waals surface area (Å²) in [6.07, 6.45) is 0.561. The summed E-state index contributed by atoms with van der Waals surface area (Å²) in [6.45, 7) is 1.99. The average molecular weight is 290 g/mol. The molecule has 2 heterocycles. The summed E-state index contributed by atoms with van der Waals surface area (Å²) >= 11 is 0. The van der Waals surface area contributed by atoms with Gasteiger partial charge in [0.25, 0.3) is 0 Å². The van der Waals surface area contributed by atoms with Crippen molar-refractivity contribution in [3.05, 3.63) is 48.0 Å². The Kier molecular flexibility index (Phi) is 2.73. The van der Waals surface area contributed by atoms with Crippen molar-refractivity contribution in [3.63, 3.8) is 0 Å². The first-order valence-electron chi connectivity index (χ1n) is 7.30. The van der Waals surface area contributed by atoms with Crippen LogP contribution in [0.5, 0.6) is 0 Å². The van der Waals surface area contributed by atoms with Gasteiger partial charge in [-0.05, 0) is 25.1 Å². The summed E-state index contributed by atoms with van der Waals surface area (Å²) in [5.74, 6) is -0.270. The third-order valence-corrected chi connectivity index (χ3v) is 4.08. The second-order valence-electron chi connectivity index (χ2n) is 5.62. The molecule has 0 aliphatic carbocycles. The normalized spacial score (nSPS) is 15.2. The molecule has 1 aliphatic rings. The Hall–Kier alpha value is -2.75. The zero-order chi connectivity index (χ0) is 15.3. The molecule has 4 heteroatoms. The number of hydrogen-bond acceptors (Lipinski definition) is 3. The first kappa shape index (κ1) is 13.0. The highest BCUT2D eigenvalue weighted by molar-refractivity contribution is 6.27. The number of amides is 2. The lowest BCUT2D eigenvalue weighted by atomic mass is 10.0. The van der Waals surface area contributed by atoms with E-state index in [9.17, 15) is 9.59 Å². The third-order valence-electron chi connectivity index (χ3n) is 4.08. The molecule has 3 aromatic rings. The molecule has 2 amide bonds. The van der Waals surface area contributed by atoms with Crippen molar-refractivity contribution < 1.29 is 9.59 Å². The predicted molar refractivity (Wildman–Crippen MR) is 85.7 cm³/mol. The van der Waals surface area contributed by atoms with Gasteiger partial charge in [0, 0.05) is 23.6 Å². The van der Waals surface area contributed by atoms with Crippen LogP contribution in [0.1, 0.15) is 18.4 Å². The van der Waals surface area contributed by atoms with Crippen LogP contribution in [0.2, 0.25) is 0 Å². The first-order valence-corrected chi connectivity index (χ1v) is 7.30. The van der Waals surface area contributed by atoms with Crippen LogP contribution in [0.3, 0.4) is 0 Å². The quantitative estimate of drug-likeness (QED) is 0.510. The SMILES string of the molecule is Cc1ccc2nc3ccccc3c(N3C(=O)CCC3=O)c2c1. The number of carbonyl (C=O) groups excluding carboxylic acids is 2. The number of rotatable bonds is 1. The van der Waals surface area contributed by atoms with E-state index in [-0.39, 0.29) is 24.7 Å². The molecule has 0 N–H and O–H groups in total. The third kappa shape index (κ3) is 1.80. The van der Waals surface area contributed by atoms with Crippen LogP contribution in [0.25, 0.3) is 21.8 Å². The van der Waals surface area contributed by atoms with E-state index in [4.69, 9.17) is 0 Å². The number of nitrogens with zero attached hydrogens (tertiary/aromatic N) is 2. The van der Waals surface area contributed by atoms with E-state index in [1.165, 1.54) is 4.90 Å². The Morgan fingerprint density at radius 1 is 0.909 bits per heavy atom. The molecule has 2 aromatic carbocycles. The molecule has 0 bridgehead atoms. The molecule has 0 saturated carbocycles. The number of carbonyl (C=O) groups is 2. The van der Waals surface area contributed by atoms with Crippen molar-refractivity contribution in [2.75, 3.05) is 4.90 Å². The Bertz CT molecular complexity index is 930. The molecule has 4 nitrogen and oxygen atoms in total. The van der Waals surface area contributed by atoms with Gasteiger partial charge in [0.2, 0.25) is 11.8 Å². The molecule has 22 heavy (non-hydrogen) atoms. The number of anilines is 1. The number of hydrogen-bond donors (Lipinski definition) is 0. The summed E-state index contributed by atoms with van der Waals surface area (Å²) in [5, 5.41) is 1.69. The van der Waals surface area contributed by atoms with Gasteiger partial charge in [-0.15, -0.1) is 0 Å². The summed E-state index contributed by atoms with van der Waals surface area (Å²) in [6, 6.07) is 13.5. The number of aryl methyl sites for hydroxylation is 1. The number of fused-ring (bicyclic) bond motifs is 2. The van der Waals surface area contributed by atoms with Gasteiger partial charge in [-0.3, -0.25) is 9.59 Å². The molecule has 0 radical (unpaired) electrons. The van der Waals surface area contributed by atoms with Gasteiger partial charge >= 0.3 is 0 Å². The maximum Gasteiger partial charge on any atom is 0.234 e. The van der Waals surface area contributed by atoms with E-state index in [2.05, 4.69) is 4.98 Å². The molecular weight excluding hydrogens is 276 g/mol. The molecular formula is C18H14N2O2. The fourth-order valence-electron chi connectivity index (χ4n) is 3.05. The minimum Gasteiger partial charge on any atom is -0.274 e. The lowest BCUT2D eigenvalue weighted by molar-refractivity contribution is -0.121. The highest BCUT2D eigenvalue weighted by Crippen LogP contribution is 2.36. The van der Waals surface area contributed by atoms with E-state index in [0.29, 0.717) is 5.69 Å². The van der Waals surface area contributed by atoms with Gasteiger partial charge in [-0.25, -0.2) is 9.88 Å².